The Morgan fingerprint density at radius 3 is 2.61 bits per heavy atom. The summed E-state index contributed by atoms with van der Waals surface area (Å²) in [6.07, 6.45) is 8.10. The molecule has 5 nitrogen and oxygen atoms in total. The first-order valence-corrected chi connectivity index (χ1v) is 11.7. The molecule has 2 saturated heterocycles. The molecule has 5 heteroatoms. The van der Waals surface area contributed by atoms with Crippen molar-refractivity contribution in [3.05, 3.63) is 59.8 Å². The van der Waals surface area contributed by atoms with Crippen molar-refractivity contribution in [2.75, 3.05) is 54.4 Å². The number of nitrogens with zero attached hydrogens (tertiary/aromatic N) is 3. The maximum absolute atomic E-state index is 4.58. The molecule has 5 rings (SSSR count). The van der Waals surface area contributed by atoms with Crippen molar-refractivity contribution in [1.29, 1.82) is 0 Å². The summed E-state index contributed by atoms with van der Waals surface area (Å²) < 4.78 is 0. The van der Waals surface area contributed by atoms with Crippen LogP contribution >= 0.6 is 0 Å². The molecule has 0 saturated carbocycles. The fourth-order valence-electron chi connectivity index (χ4n) is 4.88. The molecule has 1 atom stereocenters. The lowest BCUT2D eigenvalue weighted by atomic mass is 9.97. The molecule has 162 valence electrons. The van der Waals surface area contributed by atoms with Crippen molar-refractivity contribution in [1.82, 2.24) is 5.32 Å². The van der Waals surface area contributed by atoms with E-state index in [1.165, 1.54) is 60.4 Å². The molecule has 2 N–H and O–H groups in total. The smallest absolute Gasteiger partial charge is 0.0660 e. The van der Waals surface area contributed by atoms with Gasteiger partial charge in [0.15, 0.2) is 0 Å². The third-order valence-corrected chi connectivity index (χ3v) is 6.71. The van der Waals surface area contributed by atoms with Crippen LogP contribution in [-0.2, 0) is 0 Å². The van der Waals surface area contributed by atoms with Crippen molar-refractivity contribution >= 4 is 28.8 Å². The van der Waals surface area contributed by atoms with E-state index in [4.69, 9.17) is 0 Å². The van der Waals surface area contributed by atoms with Crippen LogP contribution in [0.5, 0.6) is 0 Å². The molecular formula is C26H33N5. The van der Waals surface area contributed by atoms with Gasteiger partial charge in [-0.2, -0.15) is 0 Å². The SMILES string of the molecule is CC1CNCCN1c1ccc(N/C=C2\CN=Cc3ccc(N4CCCCC4)cc32)cc1. The second-order valence-electron chi connectivity index (χ2n) is 8.90. The number of benzene rings is 2. The third-order valence-electron chi connectivity index (χ3n) is 6.71. The number of aliphatic imine (C=N–C) groups is 1. The fourth-order valence-corrected chi connectivity index (χ4v) is 4.88. The molecule has 0 spiro atoms. The van der Waals surface area contributed by atoms with Gasteiger partial charge < -0.3 is 20.4 Å². The first-order chi connectivity index (χ1) is 15.3. The zero-order valence-electron chi connectivity index (χ0n) is 18.5. The summed E-state index contributed by atoms with van der Waals surface area (Å²) in [4.78, 5) is 9.58. The number of rotatable bonds is 4. The standard InChI is InChI=1S/C26H33N5/c1-20-16-27-11-14-31(20)24-9-6-23(7-10-24)29-19-22-18-28-17-21-5-8-25(15-26(21)22)30-12-3-2-4-13-30/h5-10,15,17,19-20,27,29H,2-4,11-14,16,18H2,1H3/b22-19+. The maximum Gasteiger partial charge on any atom is 0.0660 e. The van der Waals surface area contributed by atoms with Gasteiger partial charge in [0.2, 0.25) is 0 Å². The Morgan fingerprint density at radius 1 is 1.00 bits per heavy atom. The number of anilines is 3. The number of nitrogens with one attached hydrogen (secondary N) is 2. The van der Waals surface area contributed by atoms with E-state index in [-0.39, 0.29) is 0 Å². The van der Waals surface area contributed by atoms with Gasteiger partial charge in [-0.1, -0.05) is 6.07 Å². The summed E-state index contributed by atoms with van der Waals surface area (Å²) in [6, 6.07) is 16.2. The van der Waals surface area contributed by atoms with Gasteiger partial charge in [-0.25, -0.2) is 0 Å². The molecule has 2 aromatic carbocycles. The van der Waals surface area contributed by atoms with Gasteiger partial charge in [-0.3, -0.25) is 4.99 Å². The summed E-state index contributed by atoms with van der Waals surface area (Å²) in [6.45, 7) is 8.50. The van der Waals surface area contributed by atoms with E-state index >= 15 is 0 Å². The Labute approximate surface area is 185 Å². The lowest BCUT2D eigenvalue weighted by Gasteiger charge is -2.36. The van der Waals surface area contributed by atoms with E-state index in [1.807, 2.05) is 6.21 Å². The number of piperidine rings is 1. The maximum atomic E-state index is 4.58. The Balaban J connectivity index is 1.32. The molecule has 3 heterocycles. The van der Waals surface area contributed by atoms with Gasteiger partial charge in [0.1, 0.15) is 0 Å². The Hall–Kier alpha value is -2.79. The average molecular weight is 416 g/mol. The first kappa shape index (κ1) is 20.1. The highest BCUT2D eigenvalue weighted by atomic mass is 15.2. The number of fused-ring (bicyclic) bond motifs is 1. The average Bonchev–Trinajstić information content (AvgIpc) is 2.84. The van der Waals surface area contributed by atoms with Crippen LogP contribution in [0, 0.1) is 0 Å². The van der Waals surface area contributed by atoms with Crippen LogP contribution in [-0.4, -0.2) is 51.5 Å². The molecule has 0 aliphatic carbocycles. The second-order valence-corrected chi connectivity index (χ2v) is 8.90. The number of piperazine rings is 1. The van der Waals surface area contributed by atoms with E-state index in [1.54, 1.807) is 0 Å². The molecule has 31 heavy (non-hydrogen) atoms. The minimum Gasteiger partial charge on any atom is -0.372 e. The monoisotopic (exact) mass is 415 g/mol. The van der Waals surface area contributed by atoms with Gasteiger partial charge in [0, 0.05) is 73.8 Å². The van der Waals surface area contributed by atoms with E-state index in [9.17, 15) is 0 Å². The Bertz CT molecular complexity index is 956. The largest absolute Gasteiger partial charge is 0.372 e. The lowest BCUT2D eigenvalue weighted by molar-refractivity contribution is 0.501. The molecule has 3 aliphatic rings. The summed E-state index contributed by atoms with van der Waals surface area (Å²) >= 11 is 0. The van der Waals surface area contributed by atoms with Crippen molar-refractivity contribution in [3.8, 4) is 0 Å². The molecule has 0 aromatic heterocycles. The molecular weight excluding hydrogens is 382 g/mol. The van der Waals surface area contributed by atoms with E-state index in [2.05, 4.69) is 81.0 Å². The normalized spacial score (nSPS) is 22.5. The van der Waals surface area contributed by atoms with Crippen molar-refractivity contribution < 1.29 is 0 Å². The first-order valence-electron chi connectivity index (χ1n) is 11.7. The van der Waals surface area contributed by atoms with Gasteiger partial charge in [-0.15, -0.1) is 0 Å². The van der Waals surface area contributed by atoms with Crippen LogP contribution in [0.15, 0.2) is 53.7 Å². The minimum atomic E-state index is 0.528. The minimum absolute atomic E-state index is 0.528. The molecule has 0 amide bonds. The van der Waals surface area contributed by atoms with E-state index in [0.29, 0.717) is 6.04 Å². The Kier molecular flexibility index (Phi) is 5.94. The topological polar surface area (TPSA) is 42.9 Å². The molecule has 0 radical (unpaired) electrons. The van der Waals surface area contributed by atoms with E-state index < -0.39 is 0 Å². The predicted molar refractivity (Wildman–Crippen MR) is 133 cm³/mol. The molecule has 1 unspecified atom stereocenters. The van der Waals surface area contributed by atoms with Crippen LogP contribution in [0.1, 0.15) is 37.3 Å². The molecule has 3 aliphatic heterocycles. The van der Waals surface area contributed by atoms with Gasteiger partial charge in [-0.05, 0) is 73.7 Å². The van der Waals surface area contributed by atoms with Crippen LogP contribution in [0.3, 0.4) is 0 Å². The zero-order valence-corrected chi connectivity index (χ0v) is 18.5. The lowest BCUT2D eigenvalue weighted by Crippen LogP contribution is -2.49. The van der Waals surface area contributed by atoms with Crippen molar-refractivity contribution in [2.24, 2.45) is 4.99 Å². The zero-order chi connectivity index (χ0) is 21.0. The van der Waals surface area contributed by atoms with Crippen LogP contribution in [0.4, 0.5) is 17.1 Å². The van der Waals surface area contributed by atoms with Crippen molar-refractivity contribution in [3.63, 3.8) is 0 Å². The molecule has 2 fully saturated rings. The van der Waals surface area contributed by atoms with E-state index in [0.717, 1.165) is 31.9 Å². The van der Waals surface area contributed by atoms with Gasteiger partial charge >= 0.3 is 0 Å². The summed E-state index contributed by atoms with van der Waals surface area (Å²) in [5, 5.41) is 6.97. The quantitative estimate of drug-likeness (QED) is 0.779. The summed E-state index contributed by atoms with van der Waals surface area (Å²) in [5.74, 6) is 0. The number of hydrogen-bond acceptors (Lipinski definition) is 5. The van der Waals surface area contributed by atoms with Crippen molar-refractivity contribution in [2.45, 2.75) is 32.2 Å². The highest BCUT2D eigenvalue weighted by Crippen LogP contribution is 2.29. The van der Waals surface area contributed by atoms with Gasteiger partial charge in [0.25, 0.3) is 0 Å². The van der Waals surface area contributed by atoms with Crippen LogP contribution in [0.2, 0.25) is 0 Å². The van der Waals surface area contributed by atoms with Gasteiger partial charge in [0.05, 0.1) is 6.54 Å². The predicted octanol–water partition coefficient (Wildman–Crippen LogP) is 4.36. The summed E-state index contributed by atoms with van der Waals surface area (Å²) in [7, 11) is 0. The highest BCUT2D eigenvalue weighted by Gasteiger charge is 2.18. The summed E-state index contributed by atoms with van der Waals surface area (Å²) in [5.41, 5.74) is 7.51. The highest BCUT2D eigenvalue weighted by molar-refractivity contribution is 5.93. The van der Waals surface area contributed by atoms with Crippen LogP contribution in [0.25, 0.3) is 5.57 Å². The van der Waals surface area contributed by atoms with Crippen LogP contribution < -0.4 is 20.4 Å². The molecule has 2 aromatic rings. The Morgan fingerprint density at radius 2 is 1.81 bits per heavy atom. The third kappa shape index (κ3) is 4.47. The molecule has 0 bridgehead atoms. The number of hydrogen-bond donors (Lipinski definition) is 2. The second kappa shape index (κ2) is 9.15. The fraction of sp³-hybridized carbons (Fsp3) is 0.423.